The molecule has 2 heterocycles. The lowest BCUT2D eigenvalue weighted by Crippen LogP contribution is -2.46. The summed E-state index contributed by atoms with van der Waals surface area (Å²) in [5.41, 5.74) is 0.0416. The standard InChI is InChI=1S/C18H25FN2O3/c1-23-16-4-2-3-15(17(16)19)18(22)20-14-5-8-21(9-6-14)11-13-7-10-24-12-13/h2-4,13-14H,5-12H2,1H3,(H,20,22). The van der Waals surface area contributed by atoms with Crippen LogP contribution in [-0.4, -0.2) is 56.8 Å². The fourth-order valence-electron chi connectivity index (χ4n) is 3.46. The number of ether oxygens (including phenoxy) is 2. The zero-order chi connectivity index (χ0) is 16.9. The molecule has 1 amide bonds. The monoisotopic (exact) mass is 336 g/mol. The number of amides is 1. The molecule has 1 N–H and O–H groups in total. The van der Waals surface area contributed by atoms with Crippen LogP contribution < -0.4 is 10.1 Å². The average Bonchev–Trinajstić information content (AvgIpc) is 3.10. The van der Waals surface area contributed by atoms with E-state index in [9.17, 15) is 9.18 Å². The average molecular weight is 336 g/mol. The number of benzene rings is 1. The lowest BCUT2D eigenvalue weighted by Gasteiger charge is -2.33. The second kappa shape index (κ2) is 7.94. The molecule has 1 aromatic rings. The van der Waals surface area contributed by atoms with Crippen LogP contribution in [-0.2, 0) is 4.74 Å². The van der Waals surface area contributed by atoms with Crippen molar-refractivity contribution < 1.29 is 18.7 Å². The Morgan fingerprint density at radius 2 is 2.17 bits per heavy atom. The number of carbonyl (C=O) groups is 1. The first-order chi connectivity index (χ1) is 11.7. The maximum atomic E-state index is 14.2. The number of halogens is 1. The van der Waals surface area contributed by atoms with Crippen molar-refractivity contribution in [3.05, 3.63) is 29.6 Å². The summed E-state index contributed by atoms with van der Waals surface area (Å²) < 4.78 is 24.5. The third kappa shape index (κ3) is 4.05. The number of likely N-dealkylation sites (tertiary alicyclic amines) is 1. The number of carbonyl (C=O) groups excluding carboxylic acids is 1. The number of piperidine rings is 1. The maximum Gasteiger partial charge on any atom is 0.254 e. The largest absolute Gasteiger partial charge is 0.494 e. The smallest absolute Gasteiger partial charge is 0.254 e. The van der Waals surface area contributed by atoms with E-state index in [1.807, 2.05) is 0 Å². The van der Waals surface area contributed by atoms with E-state index < -0.39 is 5.82 Å². The molecule has 1 aromatic carbocycles. The first-order valence-electron chi connectivity index (χ1n) is 8.61. The Morgan fingerprint density at radius 3 is 2.83 bits per heavy atom. The van der Waals surface area contributed by atoms with Crippen LogP contribution in [0.4, 0.5) is 4.39 Å². The van der Waals surface area contributed by atoms with E-state index in [0.29, 0.717) is 5.92 Å². The second-order valence-corrected chi connectivity index (χ2v) is 6.60. The molecule has 0 aromatic heterocycles. The van der Waals surface area contributed by atoms with Gasteiger partial charge in [0.2, 0.25) is 0 Å². The van der Waals surface area contributed by atoms with Crippen LogP contribution in [0.5, 0.6) is 5.75 Å². The summed E-state index contributed by atoms with van der Waals surface area (Å²) in [4.78, 5) is 14.8. The highest BCUT2D eigenvalue weighted by molar-refractivity contribution is 5.95. The van der Waals surface area contributed by atoms with E-state index in [1.165, 1.54) is 19.2 Å². The summed E-state index contributed by atoms with van der Waals surface area (Å²) in [7, 11) is 1.39. The number of nitrogens with zero attached hydrogens (tertiary/aromatic N) is 1. The highest BCUT2D eigenvalue weighted by Gasteiger charge is 2.25. The third-order valence-corrected chi connectivity index (χ3v) is 4.89. The molecule has 0 aliphatic carbocycles. The quantitative estimate of drug-likeness (QED) is 0.894. The van der Waals surface area contributed by atoms with Crippen LogP contribution >= 0.6 is 0 Å². The van der Waals surface area contributed by atoms with Crippen molar-refractivity contribution >= 4 is 5.91 Å². The van der Waals surface area contributed by atoms with Gasteiger partial charge in [-0.3, -0.25) is 4.79 Å². The van der Waals surface area contributed by atoms with E-state index in [4.69, 9.17) is 9.47 Å². The van der Waals surface area contributed by atoms with Gasteiger partial charge in [-0.15, -0.1) is 0 Å². The van der Waals surface area contributed by atoms with Crippen molar-refractivity contribution in [3.8, 4) is 5.75 Å². The number of nitrogens with one attached hydrogen (secondary N) is 1. The van der Waals surface area contributed by atoms with Crippen LogP contribution in [0.15, 0.2) is 18.2 Å². The van der Waals surface area contributed by atoms with Crippen molar-refractivity contribution in [1.82, 2.24) is 10.2 Å². The zero-order valence-electron chi connectivity index (χ0n) is 14.1. The fourth-order valence-corrected chi connectivity index (χ4v) is 3.46. The van der Waals surface area contributed by atoms with Crippen LogP contribution in [0.25, 0.3) is 0 Å². The van der Waals surface area contributed by atoms with Crippen LogP contribution in [0.2, 0.25) is 0 Å². The summed E-state index contributed by atoms with van der Waals surface area (Å²) in [6.07, 6.45) is 2.93. The molecule has 2 saturated heterocycles. The summed E-state index contributed by atoms with van der Waals surface area (Å²) >= 11 is 0. The number of hydrogen-bond donors (Lipinski definition) is 1. The minimum Gasteiger partial charge on any atom is -0.494 e. The van der Waals surface area contributed by atoms with Gasteiger partial charge in [0, 0.05) is 32.3 Å². The molecule has 1 atom stereocenters. The second-order valence-electron chi connectivity index (χ2n) is 6.60. The normalized spacial score (nSPS) is 22.5. The molecule has 2 fully saturated rings. The maximum absolute atomic E-state index is 14.2. The number of methoxy groups -OCH3 is 1. The highest BCUT2D eigenvalue weighted by Crippen LogP contribution is 2.21. The molecular weight excluding hydrogens is 311 g/mol. The van der Waals surface area contributed by atoms with Crippen molar-refractivity contribution in [2.75, 3.05) is 40.0 Å². The van der Waals surface area contributed by atoms with Crippen molar-refractivity contribution in [2.24, 2.45) is 5.92 Å². The molecule has 2 aliphatic heterocycles. The van der Waals surface area contributed by atoms with Crippen molar-refractivity contribution in [3.63, 3.8) is 0 Å². The molecular formula is C18H25FN2O3. The van der Waals surface area contributed by atoms with Gasteiger partial charge in [-0.25, -0.2) is 4.39 Å². The van der Waals surface area contributed by atoms with Gasteiger partial charge in [0.15, 0.2) is 11.6 Å². The highest BCUT2D eigenvalue weighted by atomic mass is 19.1. The van der Waals surface area contributed by atoms with Crippen LogP contribution in [0.3, 0.4) is 0 Å². The summed E-state index contributed by atoms with van der Waals surface area (Å²) in [5.74, 6) is -0.233. The first-order valence-corrected chi connectivity index (χ1v) is 8.61. The Labute approximate surface area is 142 Å². The molecule has 0 saturated carbocycles. The Balaban J connectivity index is 1.49. The van der Waals surface area contributed by atoms with Gasteiger partial charge < -0.3 is 19.7 Å². The Morgan fingerprint density at radius 1 is 1.38 bits per heavy atom. The molecule has 5 nitrogen and oxygen atoms in total. The molecule has 3 rings (SSSR count). The zero-order valence-corrected chi connectivity index (χ0v) is 14.1. The van der Waals surface area contributed by atoms with E-state index in [-0.39, 0.29) is 23.3 Å². The van der Waals surface area contributed by atoms with Gasteiger partial charge in [0.05, 0.1) is 19.3 Å². The first kappa shape index (κ1) is 17.2. The minimum absolute atomic E-state index is 0.0416. The van der Waals surface area contributed by atoms with E-state index in [1.54, 1.807) is 6.07 Å². The van der Waals surface area contributed by atoms with Crippen LogP contribution in [0, 0.1) is 11.7 Å². The number of hydrogen-bond acceptors (Lipinski definition) is 4. The van der Waals surface area contributed by atoms with E-state index in [2.05, 4.69) is 10.2 Å². The summed E-state index contributed by atoms with van der Waals surface area (Å²) in [6, 6.07) is 4.72. The predicted octanol–water partition coefficient (Wildman–Crippen LogP) is 2.06. The predicted molar refractivity (Wildman–Crippen MR) is 88.8 cm³/mol. The minimum atomic E-state index is -0.601. The molecule has 0 spiro atoms. The van der Waals surface area contributed by atoms with Gasteiger partial charge in [-0.1, -0.05) is 6.07 Å². The van der Waals surface area contributed by atoms with Crippen molar-refractivity contribution in [1.29, 1.82) is 0 Å². The Kier molecular flexibility index (Phi) is 5.68. The lowest BCUT2D eigenvalue weighted by atomic mass is 10.0. The third-order valence-electron chi connectivity index (χ3n) is 4.89. The molecule has 0 bridgehead atoms. The summed E-state index contributed by atoms with van der Waals surface area (Å²) in [5, 5.41) is 2.96. The van der Waals surface area contributed by atoms with E-state index >= 15 is 0 Å². The van der Waals surface area contributed by atoms with Gasteiger partial charge in [0.1, 0.15) is 0 Å². The van der Waals surface area contributed by atoms with Gasteiger partial charge in [0.25, 0.3) is 5.91 Å². The van der Waals surface area contributed by atoms with Gasteiger partial charge in [-0.05, 0) is 37.3 Å². The van der Waals surface area contributed by atoms with Crippen LogP contribution in [0.1, 0.15) is 29.6 Å². The fraction of sp³-hybridized carbons (Fsp3) is 0.611. The van der Waals surface area contributed by atoms with E-state index in [0.717, 1.165) is 52.1 Å². The topological polar surface area (TPSA) is 50.8 Å². The summed E-state index contributed by atoms with van der Waals surface area (Å²) in [6.45, 7) is 4.74. The molecule has 1 unspecified atom stereocenters. The molecule has 0 radical (unpaired) electrons. The molecule has 6 heteroatoms. The Bertz CT molecular complexity index is 567. The Hall–Kier alpha value is -1.66. The molecule has 132 valence electrons. The van der Waals surface area contributed by atoms with Crippen molar-refractivity contribution in [2.45, 2.75) is 25.3 Å². The number of rotatable bonds is 5. The van der Waals surface area contributed by atoms with Gasteiger partial charge in [-0.2, -0.15) is 0 Å². The van der Waals surface area contributed by atoms with Gasteiger partial charge >= 0.3 is 0 Å². The molecule has 2 aliphatic rings. The lowest BCUT2D eigenvalue weighted by molar-refractivity contribution is 0.0898. The SMILES string of the molecule is COc1cccc(C(=O)NC2CCN(CC3CCOC3)CC2)c1F. The molecule has 24 heavy (non-hydrogen) atoms.